The normalized spacial score (nSPS) is 11.0. The molecule has 0 N–H and O–H groups in total. The minimum Gasteiger partial charge on any atom is -0.497 e. The molecule has 0 aromatic heterocycles. The van der Waals surface area contributed by atoms with Gasteiger partial charge in [0.1, 0.15) is 5.75 Å². The fourth-order valence-corrected chi connectivity index (χ4v) is 2.68. The SMILES string of the molecule is CCN(C)C=Nc1cc(OC)cc(Cc2ccccc2Br)c1C. The third-order valence-corrected chi connectivity index (χ3v) is 4.70. The lowest BCUT2D eigenvalue weighted by Crippen LogP contribution is -2.14. The summed E-state index contributed by atoms with van der Waals surface area (Å²) in [4.78, 5) is 6.67. The average molecular weight is 375 g/mol. The van der Waals surface area contributed by atoms with Crippen LogP contribution in [0.1, 0.15) is 23.6 Å². The Morgan fingerprint density at radius 2 is 1.96 bits per heavy atom. The third-order valence-electron chi connectivity index (χ3n) is 3.93. The van der Waals surface area contributed by atoms with Gasteiger partial charge in [0.15, 0.2) is 0 Å². The molecule has 2 aromatic rings. The van der Waals surface area contributed by atoms with Crippen molar-refractivity contribution in [2.24, 2.45) is 4.99 Å². The minimum absolute atomic E-state index is 0.837. The van der Waals surface area contributed by atoms with Gasteiger partial charge in [-0.1, -0.05) is 34.1 Å². The van der Waals surface area contributed by atoms with Crippen LogP contribution in [0.5, 0.6) is 5.75 Å². The topological polar surface area (TPSA) is 24.8 Å². The second-order valence-electron chi connectivity index (χ2n) is 5.52. The molecule has 2 rings (SSSR count). The molecule has 23 heavy (non-hydrogen) atoms. The standard InChI is InChI=1S/C19H23BrN2O/c1-5-22(3)13-21-19-12-17(23-4)11-16(14(19)2)10-15-8-6-7-9-18(15)20/h6-9,11-13H,5,10H2,1-4H3. The van der Waals surface area contributed by atoms with E-state index in [4.69, 9.17) is 4.74 Å². The zero-order valence-corrected chi connectivity index (χ0v) is 15.7. The summed E-state index contributed by atoms with van der Waals surface area (Å²) in [5.41, 5.74) is 4.61. The van der Waals surface area contributed by atoms with E-state index in [9.17, 15) is 0 Å². The summed E-state index contributed by atoms with van der Waals surface area (Å²) in [6.07, 6.45) is 2.71. The first-order valence-corrected chi connectivity index (χ1v) is 8.49. The molecule has 0 saturated heterocycles. The van der Waals surface area contributed by atoms with Crippen LogP contribution in [0.2, 0.25) is 0 Å². The van der Waals surface area contributed by atoms with Gasteiger partial charge in [-0.2, -0.15) is 0 Å². The number of halogens is 1. The Morgan fingerprint density at radius 1 is 1.22 bits per heavy atom. The van der Waals surface area contributed by atoms with Crippen molar-refractivity contribution in [2.45, 2.75) is 20.3 Å². The molecule has 0 spiro atoms. The van der Waals surface area contributed by atoms with E-state index >= 15 is 0 Å². The Morgan fingerprint density at radius 3 is 2.61 bits per heavy atom. The zero-order chi connectivity index (χ0) is 16.8. The number of benzene rings is 2. The Kier molecular flexibility index (Phi) is 6.22. The van der Waals surface area contributed by atoms with Crippen molar-refractivity contribution < 1.29 is 4.74 Å². The average Bonchev–Trinajstić information content (AvgIpc) is 2.57. The first-order chi connectivity index (χ1) is 11.0. The van der Waals surface area contributed by atoms with E-state index < -0.39 is 0 Å². The number of aliphatic imine (C=N–C) groups is 1. The summed E-state index contributed by atoms with van der Waals surface area (Å²) >= 11 is 3.62. The molecule has 122 valence electrons. The lowest BCUT2D eigenvalue weighted by molar-refractivity contribution is 0.414. The lowest BCUT2D eigenvalue weighted by atomic mass is 9.99. The number of rotatable bonds is 6. The Bertz CT molecular complexity index is 698. The first-order valence-electron chi connectivity index (χ1n) is 7.70. The molecular formula is C19H23BrN2O. The lowest BCUT2D eigenvalue weighted by Gasteiger charge is -2.14. The summed E-state index contributed by atoms with van der Waals surface area (Å²) in [5, 5.41) is 0. The van der Waals surface area contributed by atoms with E-state index in [2.05, 4.69) is 59.0 Å². The summed E-state index contributed by atoms with van der Waals surface area (Å²) in [6.45, 7) is 5.14. The largest absolute Gasteiger partial charge is 0.497 e. The van der Waals surface area contributed by atoms with Gasteiger partial charge in [-0.15, -0.1) is 0 Å². The van der Waals surface area contributed by atoms with Crippen molar-refractivity contribution >= 4 is 28.0 Å². The highest BCUT2D eigenvalue weighted by Crippen LogP contribution is 2.31. The van der Waals surface area contributed by atoms with Gasteiger partial charge in [0.2, 0.25) is 0 Å². The van der Waals surface area contributed by atoms with E-state index in [1.807, 2.05) is 30.4 Å². The number of methoxy groups -OCH3 is 1. The molecule has 0 atom stereocenters. The first kappa shape index (κ1) is 17.5. The van der Waals surface area contributed by atoms with E-state index in [0.717, 1.165) is 28.9 Å². The van der Waals surface area contributed by atoms with Crippen molar-refractivity contribution in [3.63, 3.8) is 0 Å². The van der Waals surface area contributed by atoms with Crippen LogP contribution in [0, 0.1) is 6.92 Å². The Labute approximate surface area is 147 Å². The van der Waals surface area contributed by atoms with Gasteiger partial charge in [0.25, 0.3) is 0 Å². The van der Waals surface area contributed by atoms with Crippen LogP contribution >= 0.6 is 15.9 Å². The van der Waals surface area contributed by atoms with Gasteiger partial charge in [-0.25, -0.2) is 4.99 Å². The molecular weight excluding hydrogens is 352 g/mol. The number of hydrogen-bond acceptors (Lipinski definition) is 2. The molecule has 0 bridgehead atoms. The summed E-state index contributed by atoms with van der Waals surface area (Å²) in [7, 11) is 3.71. The van der Waals surface area contributed by atoms with Crippen LogP contribution in [0.4, 0.5) is 5.69 Å². The van der Waals surface area contributed by atoms with Gasteiger partial charge >= 0.3 is 0 Å². The van der Waals surface area contributed by atoms with E-state index in [1.165, 1.54) is 16.7 Å². The van der Waals surface area contributed by atoms with E-state index in [1.54, 1.807) is 7.11 Å². The fourth-order valence-electron chi connectivity index (χ4n) is 2.25. The maximum atomic E-state index is 5.45. The molecule has 0 amide bonds. The van der Waals surface area contributed by atoms with Gasteiger partial charge < -0.3 is 9.64 Å². The van der Waals surface area contributed by atoms with Crippen LogP contribution < -0.4 is 4.74 Å². The second-order valence-corrected chi connectivity index (χ2v) is 6.37. The highest BCUT2D eigenvalue weighted by atomic mass is 79.9. The van der Waals surface area contributed by atoms with E-state index in [-0.39, 0.29) is 0 Å². The quantitative estimate of drug-likeness (QED) is 0.526. The van der Waals surface area contributed by atoms with Crippen LogP contribution in [0.15, 0.2) is 45.9 Å². The molecule has 3 nitrogen and oxygen atoms in total. The summed E-state index contributed by atoms with van der Waals surface area (Å²) < 4.78 is 6.58. The predicted octanol–water partition coefficient (Wildman–Crippen LogP) is 4.97. The maximum Gasteiger partial charge on any atom is 0.121 e. The molecule has 0 aliphatic rings. The Balaban J connectivity index is 2.39. The summed E-state index contributed by atoms with van der Waals surface area (Å²) in [6, 6.07) is 12.4. The number of ether oxygens (including phenoxy) is 1. The van der Waals surface area contributed by atoms with Gasteiger partial charge in [0, 0.05) is 24.1 Å². The van der Waals surface area contributed by atoms with E-state index in [0.29, 0.717) is 0 Å². The molecule has 0 unspecified atom stereocenters. The number of nitrogens with zero attached hydrogens (tertiary/aromatic N) is 2. The molecule has 0 radical (unpaired) electrons. The molecule has 0 heterocycles. The van der Waals surface area contributed by atoms with Gasteiger partial charge in [-0.05, 0) is 49.1 Å². The van der Waals surface area contributed by atoms with Gasteiger partial charge in [-0.3, -0.25) is 0 Å². The van der Waals surface area contributed by atoms with Crippen molar-refractivity contribution in [3.05, 3.63) is 57.6 Å². The van der Waals surface area contributed by atoms with Crippen molar-refractivity contribution in [1.82, 2.24) is 4.90 Å². The summed E-state index contributed by atoms with van der Waals surface area (Å²) in [5.74, 6) is 0.837. The third kappa shape index (κ3) is 4.58. The highest BCUT2D eigenvalue weighted by Gasteiger charge is 2.09. The molecule has 0 saturated carbocycles. The van der Waals surface area contributed by atoms with Crippen LogP contribution in [-0.2, 0) is 6.42 Å². The van der Waals surface area contributed by atoms with Gasteiger partial charge in [0.05, 0.1) is 19.1 Å². The van der Waals surface area contributed by atoms with Crippen molar-refractivity contribution in [2.75, 3.05) is 20.7 Å². The monoisotopic (exact) mass is 374 g/mol. The van der Waals surface area contributed by atoms with Crippen LogP contribution in [0.3, 0.4) is 0 Å². The van der Waals surface area contributed by atoms with Crippen LogP contribution in [0.25, 0.3) is 0 Å². The fraction of sp³-hybridized carbons (Fsp3) is 0.316. The molecule has 0 aliphatic carbocycles. The maximum absolute atomic E-state index is 5.45. The highest BCUT2D eigenvalue weighted by molar-refractivity contribution is 9.10. The van der Waals surface area contributed by atoms with Crippen molar-refractivity contribution in [1.29, 1.82) is 0 Å². The smallest absolute Gasteiger partial charge is 0.121 e. The Hall–Kier alpha value is -1.81. The molecule has 2 aromatic carbocycles. The second kappa shape index (κ2) is 8.16. The number of hydrogen-bond donors (Lipinski definition) is 0. The van der Waals surface area contributed by atoms with Crippen molar-refractivity contribution in [3.8, 4) is 5.75 Å². The molecule has 0 aliphatic heterocycles. The van der Waals surface area contributed by atoms with Crippen LogP contribution in [-0.4, -0.2) is 31.9 Å². The molecule has 4 heteroatoms. The molecule has 0 fully saturated rings. The minimum atomic E-state index is 0.837. The predicted molar refractivity (Wildman–Crippen MR) is 101 cm³/mol. The zero-order valence-electron chi connectivity index (χ0n) is 14.1.